The largest absolute Gasteiger partial charge is 0.342 e. The molecule has 3 rings (SSSR count). The lowest BCUT2D eigenvalue weighted by molar-refractivity contribution is 0.0923. The molecule has 130 valence electrons. The topological polar surface area (TPSA) is 57.8 Å². The number of aromatic nitrogens is 2. The molecule has 0 saturated heterocycles. The second-order valence-corrected chi connectivity index (χ2v) is 7.16. The van der Waals surface area contributed by atoms with Crippen molar-refractivity contribution in [3.8, 4) is 0 Å². The van der Waals surface area contributed by atoms with Gasteiger partial charge in [0.25, 0.3) is 5.91 Å². The molecule has 2 N–H and O–H groups in total. The van der Waals surface area contributed by atoms with E-state index in [9.17, 15) is 4.79 Å². The van der Waals surface area contributed by atoms with Crippen LogP contribution in [0.2, 0.25) is 5.02 Å². The Morgan fingerprint density at radius 3 is 2.52 bits per heavy atom. The molecule has 3 aromatic rings. The first-order chi connectivity index (χ1) is 11.9. The third-order valence-electron chi connectivity index (χ3n) is 4.48. The van der Waals surface area contributed by atoms with E-state index in [0.717, 1.165) is 16.9 Å². The Kier molecular flexibility index (Phi) is 4.82. The smallest absolute Gasteiger partial charge is 0.253 e. The molecule has 0 unspecified atom stereocenters. The molecule has 5 heteroatoms. The molecule has 0 spiro atoms. The van der Waals surface area contributed by atoms with Gasteiger partial charge < -0.3 is 10.3 Å². The number of carbonyl (C=O) groups excluding carboxylic acids is 1. The van der Waals surface area contributed by atoms with Gasteiger partial charge in [-0.25, -0.2) is 4.98 Å². The Morgan fingerprint density at radius 2 is 1.84 bits per heavy atom. The summed E-state index contributed by atoms with van der Waals surface area (Å²) >= 11 is 6.14. The molecular formula is C20H22ClN3O. The maximum atomic E-state index is 12.6. The fourth-order valence-electron chi connectivity index (χ4n) is 2.85. The molecule has 0 aliphatic carbocycles. The van der Waals surface area contributed by atoms with Gasteiger partial charge in [-0.2, -0.15) is 0 Å². The van der Waals surface area contributed by atoms with E-state index in [1.54, 1.807) is 18.2 Å². The lowest BCUT2D eigenvalue weighted by Gasteiger charge is -2.20. The zero-order valence-electron chi connectivity index (χ0n) is 14.9. The number of hydrogen-bond acceptors (Lipinski definition) is 2. The molecule has 1 heterocycles. The van der Waals surface area contributed by atoms with Crippen LogP contribution in [-0.2, 0) is 0 Å². The van der Waals surface area contributed by atoms with Crippen LogP contribution < -0.4 is 5.32 Å². The third-order valence-corrected chi connectivity index (χ3v) is 4.81. The zero-order chi connectivity index (χ0) is 18.1. The minimum absolute atomic E-state index is 0.175. The fourth-order valence-corrected chi connectivity index (χ4v) is 3.07. The van der Waals surface area contributed by atoms with Crippen molar-refractivity contribution in [3.63, 3.8) is 0 Å². The molecule has 4 nitrogen and oxygen atoms in total. The highest BCUT2D eigenvalue weighted by atomic mass is 35.5. The highest BCUT2D eigenvalue weighted by molar-refractivity contribution is 6.33. The predicted octanol–water partition coefficient (Wildman–Crippen LogP) is 4.96. The Balaban J connectivity index is 1.94. The van der Waals surface area contributed by atoms with Crippen LogP contribution in [0.5, 0.6) is 0 Å². The summed E-state index contributed by atoms with van der Waals surface area (Å²) in [5.74, 6) is 0.738. The van der Waals surface area contributed by atoms with Gasteiger partial charge in [0.1, 0.15) is 5.82 Å². The van der Waals surface area contributed by atoms with E-state index < -0.39 is 0 Å². The van der Waals surface area contributed by atoms with Crippen molar-refractivity contribution in [2.75, 3.05) is 0 Å². The summed E-state index contributed by atoms with van der Waals surface area (Å²) in [4.78, 5) is 20.7. The maximum absolute atomic E-state index is 12.6. The molecule has 2 aromatic carbocycles. The quantitative estimate of drug-likeness (QED) is 0.694. The van der Waals surface area contributed by atoms with Gasteiger partial charge in [0.15, 0.2) is 0 Å². The summed E-state index contributed by atoms with van der Waals surface area (Å²) in [6.07, 6.45) is 0. The van der Waals surface area contributed by atoms with E-state index in [0.29, 0.717) is 10.6 Å². The lowest BCUT2D eigenvalue weighted by atomic mass is 10.0. The van der Waals surface area contributed by atoms with Crippen molar-refractivity contribution >= 4 is 28.5 Å². The molecule has 1 amide bonds. The van der Waals surface area contributed by atoms with Crippen molar-refractivity contribution in [1.82, 2.24) is 15.3 Å². The van der Waals surface area contributed by atoms with E-state index in [1.165, 1.54) is 11.1 Å². The zero-order valence-corrected chi connectivity index (χ0v) is 15.6. The van der Waals surface area contributed by atoms with Crippen LogP contribution in [0.1, 0.15) is 47.2 Å². The van der Waals surface area contributed by atoms with E-state index in [4.69, 9.17) is 16.6 Å². The van der Waals surface area contributed by atoms with Crippen molar-refractivity contribution in [1.29, 1.82) is 0 Å². The number of nitrogens with zero attached hydrogens (tertiary/aromatic N) is 1. The lowest BCUT2D eigenvalue weighted by Crippen LogP contribution is -2.32. The number of aromatic amines is 1. The number of aryl methyl sites for hydroxylation is 2. The van der Waals surface area contributed by atoms with Crippen LogP contribution in [0, 0.1) is 19.8 Å². The average molecular weight is 356 g/mol. The minimum atomic E-state index is -0.225. The highest BCUT2D eigenvalue weighted by Crippen LogP contribution is 2.25. The standard InChI is InChI=1S/C20H22ClN3O/c1-11(2)18(24-20(25)14-7-5-6-8-15(14)21)19-22-16-9-12(3)13(4)10-17(16)23-19/h5-11,18H,1-4H3,(H,22,23)(H,24,25)/t18-/m1/s1. The monoisotopic (exact) mass is 355 g/mol. The molecule has 0 bridgehead atoms. The number of H-pyrrole nitrogens is 1. The van der Waals surface area contributed by atoms with Gasteiger partial charge in [0.2, 0.25) is 0 Å². The number of fused-ring (bicyclic) bond motifs is 1. The van der Waals surface area contributed by atoms with Crippen LogP contribution in [0.4, 0.5) is 0 Å². The molecule has 0 aliphatic heterocycles. The van der Waals surface area contributed by atoms with Gasteiger partial charge in [-0.3, -0.25) is 4.79 Å². The maximum Gasteiger partial charge on any atom is 0.253 e. The Morgan fingerprint density at radius 1 is 1.16 bits per heavy atom. The fraction of sp³-hybridized carbons (Fsp3) is 0.300. The second-order valence-electron chi connectivity index (χ2n) is 6.75. The van der Waals surface area contributed by atoms with Gasteiger partial charge >= 0.3 is 0 Å². The number of hydrogen-bond donors (Lipinski definition) is 2. The first-order valence-electron chi connectivity index (χ1n) is 8.39. The summed E-state index contributed by atoms with van der Waals surface area (Å²) < 4.78 is 0. The van der Waals surface area contributed by atoms with Gasteiger partial charge in [0, 0.05) is 0 Å². The molecule has 0 radical (unpaired) electrons. The van der Waals surface area contributed by atoms with Gasteiger partial charge in [-0.1, -0.05) is 37.6 Å². The van der Waals surface area contributed by atoms with Crippen molar-refractivity contribution in [2.24, 2.45) is 5.92 Å². The number of rotatable bonds is 4. The van der Waals surface area contributed by atoms with E-state index in [1.807, 2.05) is 6.07 Å². The SMILES string of the molecule is Cc1cc2nc([C@H](NC(=O)c3ccccc3Cl)C(C)C)[nH]c2cc1C. The van der Waals surface area contributed by atoms with Crippen LogP contribution in [-0.4, -0.2) is 15.9 Å². The molecule has 0 aliphatic rings. The number of carbonyl (C=O) groups is 1. The van der Waals surface area contributed by atoms with Crippen LogP contribution in [0.3, 0.4) is 0 Å². The summed E-state index contributed by atoms with van der Waals surface area (Å²) in [5.41, 5.74) is 4.78. The van der Waals surface area contributed by atoms with Crippen molar-refractivity contribution in [2.45, 2.75) is 33.7 Å². The molecule has 0 fully saturated rings. The van der Waals surface area contributed by atoms with Crippen LogP contribution in [0.25, 0.3) is 11.0 Å². The first kappa shape index (κ1) is 17.5. The number of nitrogens with one attached hydrogen (secondary N) is 2. The Labute approximate surface area is 152 Å². The second kappa shape index (κ2) is 6.89. The van der Waals surface area contributed by atoms with Crippen LogP contribution >= 0.6 is 11.6 Å². The molecule has 1 aromatic heterocycles. The number of amides is 1. The molecular weight excluding hydrogens is 334 g/mol. The number of benzene rings is 2. The number of halogens is 1. The van der Waals surface area contributed by atoms with Crippen molar-refractivity contribution in [3.05, 3.63) is 63.9 Å². The Hall–Kier alpha value is -2.33. The van der Waals surface area contributed by atoms with Gasteiger partial charge in [-0.05, 0) is 55.2 Å². The Bertz CT molecular complexity index is 891. The summed E-state index contributed by atoms with van der Waals surface area (Å²) in [7, 11) is 0. The van der Waals surface area contributed by atoms with E-state index in [-0.39, 0.29) is 17.9 Å². The molecule has 0 saturated carbocycles. The van der Waals surface area contributed by atoms with Gasteiger partial charge in [0.05, 0.1) is 27.7 Å². The van der Waals surface area contributed by atoms with Gasteiger partial charge in [-0.15, -0.1) is 0 Å². The summed E-state index contributed by atoms with van der Waals surface area (Å²) in [6.45, 7) is 8.26. The predicted molar refractivity (Wildman–Crippen MR) is 102 cm³/mol. The van der Waals surface area contributed by atoms with E-state index in [2.05, 4.69) is 50.1 Å². The molecule has 1 atom stereocenters. The normalized spacial score (nSPS) is 12.6. The van der Waals surface area contributed by atoms with Crippen LogP contribution in [0.15, 0.2) is 36.4 Å². The molecule has 25 heavy (non-hydrogen) atoms. The summed E-state index contributed by atoms with van der Waals surface area (Å²) in [5, 5.41) is 3.51. The average Bonchev–Trinajstić information content (AvgIpc) is 2.95. The minimum Gasteiger partial charge on any atom is -0.342 e. The highest BCUT2D eigenvalue weighted by Gasteiger charge is 2.23. The first-order valence-corrected chi connectivity index (χ1v) is 8.77. The van der Waals surface area contributed by atoms with E-state index >= 15 is 0 Å². The van der Waals surface area contributed by atoms with Crippen molar-refractivity contribution < 1.29 is 4.79 Å². The number of imidazole rings is 1. The third kappa shape index (κ3) is 3.54. The summed E-state index contributed by atoms with van der Waals surface area (Å²) in [6, 6.07) is 11.0.